The van der Waals surface area contributed by atoms with E-state index in [0.29, 0.717) is 6.61 Å². The van der Waals surface area contributed by atoms with Crippen LogP contribution in [0.1, 0.15) is 12.8 Å². The smallest absolute Gasteiger partial charge is 0.106 e. The summed E-state index contributed by atoms with van der Waals surface area (Å²) in [5, 5.41) is 17.7. The maximum Gasteiger partial charge on any atom is 0.106 e. The first kappa shape index (κ1) is 6.99. The second kappa shape index (κ2) is 3.15. The summed E-state index contributed by atoms with van der Waals surface area (Å²) in [6.45, 7) is 0.601. The van der Waals surface area contributed by atoms with Crippen LogP contribution in [0.25, 0.3) is 0 Å². The van der Waals surface area contributed by atoms with E-state index in [1.165, 1.54) is 0 Å². The standard InChI is InChI=1S/C6H12O3/c7-4-6-5(8)2-1-3-9-6/h5-8H,1-4H2/t5-,6-/m1/s1. The zero-order valence-corrected chi connectivity index (χ0v) is 5.29. The van der Waals surface area contributed by atoms with Crippen LogP contribution in [-0.2, 0) is 4.74 Å². The molecule has 1 rings (SSSR count). The molecule has 1 aliphatic heterocycles. The first-order valence-corrected chi connectivity index (χ1v) is 3.25. The molecular weight excluding hydrogens is 120 g/mol. The summed E-state index contributed by atoms with van der Waals surface area (Å²) in [4.78, 5) is 0. The van der Waals surface area contributed by atoms with Gasteiger partial charge < -0.3 is 14.9 Å². The second-order valence-corrected chi connectivity index (χ2v) is 2.30. The summed E-state index contributed by atoms with van der Waals surface area (Å²) in [6, 6.07) is 0. The lowest BCUT2D eigenvalue weighted by Gasteiger charge is -2.25. The van der Waals surface area contributed by atoms with Crippen molar-refractivity contribution >= 4 is 0 Å². The fourth-order valence-electron chi connectivity index (χ4n) is 0.999. The summed E-state index contributed by atoms with van der Waals surface area (Å²) < 4.78 is 5.04. The molecule has 54 valence electrons. The van der Waals surface area contributed by atoms with Gasteiger partial charge in [-0.15, -0.1) is 0 Å². The number of aliphatic hydroxyl groups excluding tert-OH is 2. The van der Waals surface area contributed by atoms with Crippen LogP contribution in [-0.4, -0.2) is 35.6 Å². The van der Waals surface area contributed by atoms with E-state index < -0.39 is 6.10 Å². The van der Waals surface area contributed by atoms with Crippen molar-refractivity contribution in [2.45, 2.75) is 25.0 Å². The minimum absolute atomic E-state index is 0.0683. The Morgan fingerprint density at radius 3 is 2.78 bits per heavy atom. The summed E-state index contributed by atoms with van der Waals surface area (Å²) in [5.41, 5.74) is 0. The van der Waals surface area contributed by atoms with Gasteiger partial charge in [0.2, 0.25) is 0 Å². The molecule has 0 bridgehead atoms. The monoisotopic (exact) mass is 132 g/mol. The summed E-state index contributed by atoms with van der Waals surface area (Å²) in [6.07, 6.45) is 0.866. The fourth-order valence-corrected chi connectivity index (χ4v) is 0.999. The van der Waals surface area contributed by atoms with E-state index in [0.717, 1.165) is 12.8 Å². The minimum atomic E-state index is -0.455. The van der Waals surface area contributed by atoms with Gasteiger partial charge in [0.25, 0.3) is 0 Å². The van der Waals surface area contributed by atoms with E-state index >= 15 is 0 Å². The molecule has 3 nitrogen and oxygen atoms in total. The predicted molar refractivity (Wildman–Crippen MR) is 32.1 cm³/mol. The number of rotatable bonds is 1. The van der Waals surface area contributed by atoms with Gasteiger partial charge in [0.05, 0.1) is 12.7 Å². The average Bonchev–Trinajstić information content (AvgIpc) is 1.89. The summed E-state index contributed by atoms with van der Waals surface area (Å²) in [7, 11) is 0. The number of hydrogen-bond donors (Lipinski definition) is 2. The molecule has 1 saturated heterocycles. The quantitative estimate of drug-likeness (QED) is 0.506. The molecule has 2 N–H and O–H groups in total. The van der Waals surface area contributed by atoms with Crippen LogP contribution in [0.15, 0.2) is 0 Å². The molecule has 0 aromatic heterocycles. The van der Waals surface area contributed by atoms with Crippen molar-refractivity contribution in [3.05, 3.63) is 0 Å². The van der Waals surface area contributed by atoms with E-state index in [2.05, 4.69) is 0 Å². The van der Waals surface area contributed by atoms with Crippen molar-refractivity contribution < 1.29 is 14.9 Å². The SMILES string of the molecule is OC[C@H]1OCCC[C@H]1O. The normalized spacial score (nSPS) is 36.7. The van der Waals surface area contributed by atoms with Crippen molar-refractivity contribution in [2.75, 3.05) is 13.2 Å². The molecule has 9 heavy (non-hydrogen) atoms. The molecule has 0 aromatic rings. The lowest BCUT2D eigenvalue weighted by Crippen LogP contribution is -2.36. The third-order valence-corrected chi connectivity index (χ3v) is 1.59. The van der Waals surface area contributed by atoms with Crippen LogP contribution in [0.4, 0.5) is 0 Å². The van der Waals surface area contributed by atoms with Crippen molar-refractivity contribution in [2.24, 2.45) is 0 Å². The number of ether oxygens (including phenoxy) is 1. The highest BCUT2D eigenvalue weighted by Crippen LogP contribution is 2.12. The van der Waals surface area contributed by atoms with Gasteiger partial charge in [-0.1, -0.05) is 0 Å². The van der Waals surface area contributed by atoms with Crippen LogP contribution in [0.2, 0.25) is 0 Å². The largest absolute Gasteiger partial charge is 0.394 e. The number of aliphatic hydroxyl groups is 2. The molecule has 0 aromatic carbocycles. The van der Waals surface area contributed by atoms with Crippen LogP contribution in [0.3, 0.4) is 0 Å². The molecule has 1 fully saturated rings. The van der Waals surface area contributed by atoms with Crippen LogP contribution >= 0.6 is 0 Å². The first-order valence-electron chi connectivity index (χ1n) is 3.25. The van der Waals surface area contributed by atoms with Crippen LogP contribution in [0, 0.1) is 0 Å². The Morgan fingerprint density at radius 2 is 2.33 bits per heavy atom. The molecule has 0 unspecified atom stereocenters. The van der Waals surface area contributed by atoms with E-state index in [4.69, 9.17) is 14.9 Å². The Hall–Kier alpha value is -0.120. The van der Waals surface area contributed by atoms with Crippen molar-refractivity contribution in [3.63, 3.8) is 0 Å². The Labute approximate surface area is 54.3 Å². The van der Waals surface area contributed by atoms with Crippen LogP contribution < -0.4 is 0 Å². The molecule has 3 heteroatoms. The maximum absolute atomic E-state index is 9.08. The van der Waals surface area contributed by atoms with Gasteiger partial charge >= 0.3 is 0 Å². The van der Waals surface area contributed by atoms with E-state index in [1.54, 1.807) is 0 Å². The lowest BCUT2D eigenvalue weighted by molar-refractivity contribution is -0.0942. The van der Waals surface area contributed by atoms with E-state index in [1.807, 2.05) is 0 Å². The minimum Gasteiger partial charge on any atom is -0.394 e. The molecule has 0 radical (unpaired) electrons. The van der Waals surface area contributed by atoms with Gasteiger partial charge in [0, 0.05) is 6.61 Å². The van der Waals surface area contributed by atoms with E-state index in [9.17, 15) is 0 Å². The highest BCUT2D eigenvalue weighted by Gasteiger charge is 2.22. The third kappa shape index (κ3) is 1.64. The van der Waals surface area contributed by atoms with Crippen molar-refractivity contribution in [1.29, 1.82) is 0 Å². The zero-order chi connectivity index (χ0) is 6.69. The van der Waals surface area contributed by atoms with Gasteiger partial charge in [-0.05, 0) is 12.8 Å². The molecule has 0 aliphatic carbocycles. The highest BCUT2D eigenvalue weighted by atomic mass is 16.5. The molecule has 1 heterocycles. The molecule has 1 aliphatic rings. The highest BCUT2D eigenvalue weighted by molar-refractivity contribution is 4.71. The molecular formula is C6H12O3. The second-order valence-electron chi connectivity index (χ2n) is 2.30. The first-order chi connectivity index (χ1) is 4.34. The Morgan fingerprint density at radius 1 is 1.56 bits per heavy atom. The van der Waals surface area contributed by atoms with Gasteiger partial charge in [-0.2, -0.15) is 0 Å². The number of hydrogen-bond acceptors (Lipinski definition) is 3. The fraction of sp³-hybridized carbons (Fsp3) is 1.00. The Balaban J connectivity index is 2.30. The Bertz CT molecular complexity index is 84.4. The molecule has 2 atom stereocenters. The average molecular weight is 132 g/mol. The predicted octanol–water partition coefficient (Wildman–Crippen LogP) is -0.481. The van der Waals surface area contributed by atoms with Gasteiger partial charge in [-0.3, -0.25) is 0 Å². The molecule has 0 spiro atoms. The Kier molecular flexibility index (Phi) is 2.45. The van der Waals surface area contributed by atoms with E-state index in [-0.39, 0.29) is 12.7 Å². The molecule has 0 saturated carbocycles. The molecule has 0 amide bonds. The van der Waals surface area contributed by atoms with Crippen LogP contribution in [0.5, 0.6) is 0 Å². The third-order valence-electron chi connectivity index (χ3n) is 1.59. The maximum atomic E-state index is 9.08. The van der Waals surface area contributed by atoms with Crippen molar-refractivity contribution in [3.8, 4) is 0 Å². The summed E-state index contributed by atoms with van der Waals surface area (Å²) >= 11 is 0. The topological polar surface area (TPSA) is 49.7 Å². The van der Waals surface area contributed by atoms with Crippen molar-refractivity contribution in [1.82, 2.24) is 0 Å². The van der Waals surface area contributed by atoms with Gasteiger partial charge in [0.1, 0.15) is 6.10 Å². The van der Waals surface area contributed by atoms with Gasteiger partial charge in [-0.25, -0.2) is 0 Å². The zero-order valence-electron chi connectivity index (χ0n) is 5.29. The summed E-state index contributed by atoms with van der Waals surface area (Å²) in [5.74, 6) is 0. The lowest BCUT2D eigenvalue weighted by atomic mass is 10.1. The van der Waals surface area contributed by atoms with Gasteiger partial charge in [0.15, 0.2) is 0 Å².